The Morgan fingerprint density at radius 2 is 1.67 bits per heavy atom. The molecule has 2 amide bonds. The number of carbonyl (C=O) groups is 2. The highest BCUT2D eigenvalue weighted by Crippen LogP contribution is 2.31. The molecule has 0 bridgehead atoms. The molecular weight excluding hydrogens is 454 g/mol. The number of para-hydroxylation sites is 1. The first kappa shape index (κ1) is 24.9. The van der Waals surface area contributed by atoms with Gasteiger partial charge in [-0.25, -0.2) is 4.68 Å². The lowest BCUT2D eigenvalue weighted by atomic mass is 9.98. The second-order valence-corrected chi connectivity index (χ2v) is 9.24. The molecule has 36 heavy (non-hydrogen) atoms. The summed E-state index contributed by atoms with van der Waals surface area (Å²) in [6.07, 6.45) is 0.738. The van der Waals surface area contributed by atoms with E-state index in [1.54, 1.807) is 36.1 Å². The molecule has 0 aliphatic heterocycles. The Morgan fingerprint density at radius 3 is 2.33 bits per heavy atom. The SMILES string of the molecule is CCC(C)(C)NC(=O)[C@H](c1ccccc1)N(C(=O)Cn1nnc2ccccc21)c1ccc(OC)cc1. The van der Waals surface area contributed by atoms with Crippen LogP contribution in [0.1, 0.15) is 38.8 Å². The van der Waals surface area contributed by atoms with Crippen LogP contribution in [-0.2, 0) is 16.1 Å². The summed E-state index contributed by atoms with van der Waals surface area (Å²) in [5.41, 5.74) is 2.27. The van der Waals surface area contributed by atoms with Crippen LogP contribution in [0.4, 0.5) is 5.69 Å². The van der Waals surface area contributed by atoms with Gasteiger partial charge in [-0.1, -0.05) is 54.6 Å². The van der Waals surface area contributed by atoms with Crippen molar-refractivity contribution in [3.63, 3.8) is 0 Å². The maximum Gasteiger partial charge on any atom is 0.249 e. The minimum Gasteiger partial charge on any atom is -0.497 e. The number of methoxy groups -OCH3 is 1. The third kappa shape index (κ3) is 5.38. The van der Waals surface area contributed by atoms with Crippen LogP contribution in [0.2, 0.25) is 0 Å². The van der Waals surface area contributed by atoms with Gasteiger partial charge in [0.1, 0.15) is 23.9 Å². The molecule has 0 aliphatic rings. The average Bonchev–Trinajstić information content (AvgIpc) is 3.30. The zero-order valence-corrected chi connectivity index (χ0v) is 21.0. The number of hydrogen-bond donors (Lipinski definition) is 1. The first-order valence-corrected chi connectivity index (χ1v) is 11.9. The number of rotatable bonds is 9. The molecule has 0 unspecified atom stereocenters. The number of amides is 2. The smallest absolute Gasteiger partial charge is 0.249 e. The second kappa shape index (κ2) is 10.6. The standard InChI is InChI=1S/C28H31N5O3/c1-5-28(2,3)29-27(35)26(20-11-7-6-8-12-20)33(21-15-17-22(36-4)18-16-21)25(34)19-32-24-14-10-9-13-23(24)30-31-32/h6-18,26H,5,19H2,1-4H3,(H,29,35)/t26-/m0/s1. The zero-order valence-electron chi connectivity index (χ0n) is 21.0. The van der Waals surface area contributed by atoms with Gasteiger partial charge in [0.15, 0.2) is 0 Å². The summed E-state index contributed by atoms with van der Waals surface area (Å²) < 4.78 is 6.87. The first-order valence-electron chi connectivity index (χ1n) is 11.9. The van der Waals surface area contributed by atoms with Gasteiger partial charge in [0.05, 0.1) is 12.6 Å². The Morgan fingerprint density at radius 1 is 1.00 bits per heavy atom. The number of ether oxygens (including phenoxy) is 1. The topological polar surface area (TPSA) is 89.4 Å². The summed E-state index contributed by atoms with van der Waals surface area (Å²) in [6, 6.07) is 23.0. The van der Waals surface area contributed by atoms with Crippen molar-refractivity contribution in [2.24, 2.45) is 0 Å². The monoisotopic (exact) mass is 485 g/mol. The van der Waals surface area contributed by atoms with E-state index >= 15 is 0 Å². The zero-order chi connectivity index (χ0) is 25.7. The maximum atomic E-state index is 14.0. The molecule has 0 aliphatic carbocycles. The van der Waals surface area contributed by atoms with Crippen LogP contribution in [0.3, 0.4) is 0 Å². The van der Waals surface area contributed by atoms with Gasteiger partial charge in [-0.05, 0) is 62.2 Å². The normalized spacial score (nSPS) is 12.2. The van der Waals surface area contributed by atoms with Crippen molar-refractivity contribution in [2.45, 2.75) is 45.3 Å². The minimum absolute atomic E-state index is 0.0830. The highest BCUT2D eigenvalue weighted by atomic mass is 16.5. The summed E-state index contributed by atoms with van der Waals surface area (Å²) in [5, 5.41) is 11.5. The molecule has 3 aromatic carbocycles. The molecule has 4 aromatic rings. The Labute approximate surface area is 210 Å². The average molecular weight is 486 g/mol. The highest BCUT2D eigenvalue weighted by molar-refractivity contribution is 6.01. The summed E-state index contributed by atoms with van der Waals surface area (Å²) in [7, 11) is 1.58. The van der Waals surface area contributed by atoms with Crippen LogP contribution in [0.25, 0.3) is 11.0 Å². The third-order valence-electron chi connectivity index (χ3n) is 6.29. The van der Waals surface area contributed by atoms with Crippen LogP contribution in [0, 0.1) is 0 Å². The van der Waals surface area contributed by atoms with E-state index in [1.807, 2.05) is 75.4 Å². The second-order valence-electron chi connectivity index (χ2n) is 9.24. The molecule has 4 rings (SSSR count). The molecule has 0 fully saturated rings. The van der Waals surface area contributed by atoms with E-state index in [-0.39, 0.29) is 18.4 Å². The molecule has 8 nitrogen and oxygen atoms in total. The third-order valence-corrected chi connectivity index (χ3v) is 6.29. The van der Waals surface area contributed by atoms with E-state index in [9.17, 15) is 9.59 Å². The van der Waals surface area contributed by atoms with Gasteiger partial charge in [0.25, 0.3) is 0 Å². The van der Waals surface area contributed by atoms with E-state index in [4.69, 9.17) is 4.74 Å². The Balaban J connectivity index is 1.80. The summed E-state index contributed by atoms with van der Waals surface area (Å²) in [6.45, 7) is 5.86. The lowest BCUT2D eigenvalue weighted by molar-refractivity contribution is -0.128. The van der Waals surface area contributed by atoms with E-state index in [0.717, 1.165) is 11.9 Å². The molecule has 0 spiro atoms. The number of anilines is 1. The number of hydrogen-bond acceptors (Lipinski definition) is 5. The van der Waals surface area contributed by atoms with Crippen molar-refractivity contribution in [3.05, 3.63) is 84.4 Å². The maximum absolute atomic E-state index is 14.0. The van der Waals surface area contributed by atoms with Crippen LogP contribution in [-0.4, -0.2) is 39.5 Å². The fourth-order valence-corrected chi connectivity index (χ4v) is 3.96. The molecule has 1 atom stereocenters. The minimum atomic E-state index is -0.896. The Hall–Kier alpha value is -4.20. The fourth-order valence-electron chi connectivity index (χ4n) is 3.96. The van der Waals surface area contributed by atoms with Crippen molar-refractivity contribution in [2.75, 3.05) is 12.0 Å². The fraction of sp³-hybridized carbons (Fsp3) is 0.286. The lowest BCUT2D eigenvalue weighted by Crippen LogP contribution is -2.51. The number of benzene rings is 3. The number of fused-ring (bicyclic) bond motifs is 1. The van der Waals surface area contributed by atoms with E-state index in [1.165, 1.54) is 4.90 Å². The Bertz CT molecular complexity index is 1330. The molecule has 8 heteroatoms. The molecular formula is C28H31N5O3. The molecule has 1 aromatic heterocycles. The number of carbonyl (C=O) groups excluding carboxylic acids is 2. The van der Waals surface area contributed by atoms with Crippen LogP contribution < -0.4 is 15.0 Å². The van der Waals surface area contributed by atoms with E-state index in [2.05, 4.69) is 15.6 Å². The van der Waals surface area contributed by atoms with Gasteiger partial charge < -0.3 is 10.1 Å². The lowest BCUT2D eigenvalue weighted by Gasteiger charge is -2.34. The van der Waals surface area contributed by atoms with E-state index < -0.39 is 11.6 Å². The van der Waals surface area contributed by atoms with Crippen LogP contribution >= 0.6 is 0 Å². The van der Waals surface area contributed by atoms with Crippen molar-refractivity contribution >= 4 is 28.5 Å². The predicted octanol–water partition coefficient (Wildman–Crippen LogP) is 4.52. The van der Waals surface area contributed by atoms with Crippen molar-refractivity contribution in [1.82, 2.24) is 20.3 Å². The largest absolute Gasteiger partial charge is 0.497 e. The van der Waals surface area contributed by atoms with Crippen LogP contribution in [0.5, 0.6) is 5.75 Å². The van der Waals surface area contributed by atoms with Crippen LogP contribution in [0.15, 0.2) is 78.9 Å². The van der Waals surface area contributed by atoms with Gasteiger partial charge in [-0.3, -0.25) is 14.5 Å². The van der Waals surface area contributed by atoms with E-state index in [0.29, 0.717) is 22.5 Å². The molecule has 0 saturated heterocycles. The Kier molecular flexibility index (Phi) is 7.33. The summed E-state index contributed by atoms with van der Waals surface area (Å²) >= 11 is 0. The number of nitrogens with zero attached hydrogens (tertiary/aromatic N) is 4. The van der Waals surface area contributed by atoms with Gasteiger partial charge in [-0.2, -0.15) is 0 Å². The molecule has 0 radical (unpaired) electrons. The van der Waals surface area contributed by atoms with Gasteiger partial charge >= 0.3 is 0 Å². The molecule has 186 valence electrons. The van der Waals surface area contributed by atoms with Crippen molar-refractivity contribution in [1.29, 1.82) is 0 Å². The van der Waals surface area contributed by atoms with Gasteiger partial charge in [0.2, 0.25) is 11.8 Å². The highest BCUT2D eigenvalue weighted by Gasteiger charge is 2.35. The first-order chi connectivity index (χ1) is 17.3. The molecule has 1 heterocycles. The quantitative estimate of drug-likeness (QED) is 0.377. The van der Waals surface area contributed by atoms with Gasteiger partial charge in [-0.15, -0.1) is 5.10 Å². The summed E-state index contributed by atoms with van der Waals surface area (Å²) in [5.74, 6) is 0.0936. The van der Waals surface area contributed by atoms with Crippen molar-refractivity contribution < 1.29 is 14.3 Å². The molecule has 1 N–H and O–H groups in total. The van der Waals surface area contributed by atoms with Crippen molar-refractivity contribution in [3.8, 4) is 5.75 Å². The molecule has 0 saturated carbocycles. The summed E-state index contributed by atoms with van der Waals surface area (Å²) in [4.78, 5) is 29.3. The van der Waals surface area contributed by atoms with Gasteiger partial charge in [0, 0.05) is 11.2 Å². The predicted molar refractivity (Wildman–Crippen MR) is 140 cm³/mol. The number of aromatic nitrogens is 3. The number of nitrogens with one attached hydrogen (secondary N) is 1.